The smallest absolute Gasteiger partial charge is 0.191 e. The number of guanidine groups is 1. The minimum Gasteiger partial charge on any atom is -0.357 e. The number of rotatable bonds is 6. The van der Waals surface area contributed by atoms with Crippen molar-refractivity contribution in [2.45, 2.75) is 57.7 Å². The van der Waals surface area contributed by atoms with Gasteiger partial charge in [0.25, 0.3) is 0 Å². The fourth-order valence-electron chi connectivity index (χ4n) is 4.28. The summed E-state index contributed by atoms with van der Waals surface area (Å²) in [6.07, 6.45) is 12.2. The van der Waals surface area contributed by atoms with E-state index in [0.29, 0.717) is 12.6 Å². The Labute approximate surface area is 167 Å². The van der Waals surface area contributed by atoms with Crippen molar-refractivity contribution < 1.29 is 0 Å². The maximum atomic E-state index is 4.81. The van der Waals surface area contributed by atoms with Gasteiger partial charge in [0.05, 0.1) is 6.54 Å². The second-order valence-electron chi connectivity index (χ2n) is 7.73. The third kappa shape index (κ3) is 4.70. The molecule has 0 aromatic carbocycles. The molecule has 1 aliphatic heterocycles. The first-order valence-corrected chi connectivity index (χ1v) is 10.6. The Bertz CT molecular complexity index is 765. The molecule has 0 amide bonds. The number of hydrogen-bond donors (Lipinski definition) is 2. The van der Waals surface area contributed by atoms with E-state index in [1.165, 1.54) is 38.6 Å². The van der Waals surface area contributed by atoms with Crippen LogP contribution in [-0.2, 0) is 6.54 Å². The second kappa shape index (κ2) is 9.19. The van der Waals surface area contributed by atoms with Crippen LogP contribution in [0.1, 0.15) is 44.6 Å². The fraction of sp³-hybridized carbons (Fsp3) is 0.571. The van der Waals surface area contributed by atoms with Crippen LogP contribution in [0.15, 0.2) is 41.8 Å². The summed E-state index contributed by atoms with van der Waals surface area (Å²) in [5.74, 6) is 1.72. The van der Waals surface area contributed by atoms with Crippen molar-refractivity contribution in [3.05, 3.63) is 42.4 Å². The molecular formula is C21H31N7. The highest BCUT2D eigenvalue weighted by atomic mass is 15.3. The lowest BCUT2D eigenvalue weighted by Crippen LogP contribution is -2.45. The van der Waals surface area contributed by atoms with Crippen LogP contribution in [0.25, 0.3) is 5.82 Å². The molecule has 0 bridgehead atoms. The molecule has 0 spiro atoms. The molecule has 1 atom stereocenters. The zero-order valence-corrected chi connectivity index (χ0v) is 16.7. The number of aliphatic imine (C=N–C) groups is 1. The average Bonchev–Trinajstić information content (AvgIpc) is 3.49. The minimum absolute atomic E-state index is 0.482. The number of pyridine rings is 1. The van der Waals surface area contributed by atoms with Crippen molar-refractivity contribution >= 4 is 5.96 Å². The normalized spacial score (nSPS) is 21.3. The Morgan fingerprint density at radius 2 is 2.14 bits per heavy atom. The van der Waals surface area contributed by atoms with Crippen LogP contribution in [0.5, 0.6) is 0 Å². The van der Waals surface area contributed by atoms with Gasteiger partial charge >= 0.3 is 0 Å². The summed E-state index contributed by atoms with van der Waals surface area (Å²) in [4.78, 5) is 11.9. The van der Waals surface area contributed by atoms with Crippen LogP contribution in [0, 0.1) is 0 Å². The van der Waals surface area contributed by atoms with Crippen LogP contribution in [0.3, 0.4) is 0 Å². The predicted molar refractivity (Wildman–Crippen MR) is 112 cm³/mol. The van der Waals surface area contributed by atoms with E-state index < -0.39 is 0 Å². The third-order valence-electron chi connectivity index (χ3n) is 5.71. The number of nitrogens with zero attached hydrogens (tertiary/aromatic N) is 5. The number of likely N-dealkylation sites (tertiary alicyclic amines) is 1. The fourth-order valence-corrected chi connectivity index (χ4v) is 4.28. The van der Waals surface area contributed by atoms with Crippen molar-refractivity contribution in [2.24, 2.45) is 4.99 Å². The molecule has 2 aromatic rings. The van der Waals surface area contributed by atoms with Gasteiger partial charge in [0.2, 0.25) is 0 Å². The lowest BCUT2D eigenvalue weighted by atomic mass is 10.2. The summed E-state index contributed by atoms with van der Waals surface area (Å²) in [5, 5.41) is 11.3. The predicted octanol–water partition coefficient (Wildman–Crippen LogP) is 2.34. The highest BCUT2D eigenvalue weighted by molar-refractivity contribution is 5.80. The van der Waals surface area contributed by atoms with Gasteiger partial charge in [0.1, 0.15) is 0 Å². The molecule has 1 saturated heterocycles. The first-order chi connectivity index (χ1) is 13.8. The highest BCUT2D eigenvalue weighted by Crippen LogP contribution is 2.26. The standard InChI is InChI=1S/C21H31N7/c1-2-22-21(26-18-9-13-27(16-18)19-6-3-4-7-19)24-15-17-8-11-23-20(14-17)28-12-5-10-25-28/h5,8,10-12,14,18-19H,2-4,6-7,9,13,15-16H2,1H3,(H2,22,24,26). The van der Waals surface area contributed by atoms with Gasteiger partial charge in [-0.3, -0.25) is 4.90 Å². The topological polar surface area (TPSA) is 70.4 Å². The Balaban J connectivity index is 1.36. The zero-order valence-electron chi connectivity index (χ0n) is 16.7. The molecule has 1 unspecified atom stereocenters. The molecule has 3 heterocycles. The molecule has 28 heavy (non-hydrogen) atoms. The first kappa shape index (κ1) is 18.9. The van der Waals surface area contributed by atoms with E-state index in [4.69, 9.17) is 4.99 Å². The summed E-state index contributed by atoms with van der Waals surface area (Å²) >= 11 is 0. The van der Waals surface area contributed by atoms with Crippen molar-refractivity contribution in [2.75, 3.05) is 19.6 Å². The molecule has 0 radical (unpaired) electrons. The van der Waals surface area contributed by atoms with Gasteiger partial charge in [-0.05, 0) is 49.9 Å². The van der Waals surface area contributed by atoms with E-state index in [2.05, 4.69) is 32.5 Å². The van der Waals surface area contributed by atoms with Crippen LogP contribution < -0.4 is 10.6 Å². The molecule has 7 heteroatoms. The zero-order chi connectivity index (χ0) is 19.2. The molecule has 4 rings (SSSR count). The third-order valence-corrected chi connectivity index (χ3v) is 5.71. The minimum atomic E-state index is 0.482. The summed E-state index contributed by atoms with van der Waals surface area (Å²) in [5.41, 5.74) is 1.12. The van der Waals surface area contributed by atoms with Gasteiger partial charge in [-0.2, -0.15) is 5.10 Å². The van der Waals surface area contributed by atoms with Crippen LogP contribution in [0.2, 0.25) is 0 Å². The molecular weight excluding hydrogens is 350 g/mol. The Morgan fingerprint density at radius 1 is 1.25 bits per heavy atom. The summed E-state index contributed by atoms with van der Waals surface area (Å²) in [6.45, 7) is 5.93. The number of nitrogens with one attached hydrogen (secondary N) is 2. The molecule has 1 saturated carbocycles. The van der Waals surface area contributed by atoms with E-state index >= 15 is 0 Å². The van der Waals surface area contributed by atoms with Crippen molar-refractivity contribution in [1.29, 1.82) is 0 Å². The lowest BCUT2D eigenvalue weighted by Gasteiger charge is -2.24. The Hall–Kier alpha value is -2.41. The van der Waals surface area contributed by atoms with E-state index in [0.717, 1.165) is 36.5 Å². The lowest BCUT2D eigenvalue weighted by molar-refractivity contribution is 0.242. The highest BCUT2D eigenvalue weighted by Gasteiger charge is 2.30. The van der Waals surface area contributed by atoms with E-state index in [9.17, 15) is 0 Å². The SMILES string of the molecule is CCNC(=NCc1ccnc(-n2cccn2)c1)NC1CCN(C2CCCC2)C1. The van der Waals surface area contributed by atoms with Crippen LogP contribution >= 0.6 is 0 Å². The Morgan fingerprint density at radius 3 is 2.93 bits per heavy atom. The molecule has 2 fully saturated rings. The molecule has 1 aliphatic carbocycles. The number of aromatic nitrogens is 3. The molecule has 2 aromatic heterocycles. The first-order valence-electron chi connectivity index (χ1n) is 10.6. The number of hydrogen-bond acceptors (Lipinski definition) is 4. The molecule has 7 nitrogen and oxygen atoms in total. The second-order valence-corrected chi connectivity index (χ2v) is 7.73. The largest absolute Gasteiger partial charge is 0.357 e. The summed E-state index contributed by atoms with van der Waals surface area (Å²) in [6, 6.07) is 7.24. The van der Waals surface area contributed by atoms with Crippen molar-refractivity contribution in [3.8, 4) is 5.82 Å². The van der Waals surface area contributed by atoms with Crippen molar-refractivity contribution in [1.82, 2.24) is 30.3 Å². The van der Waals surface area contributed by atoms with Gasteiger partial charge in [0, 0.05) is 50.3 Å². The van der Waals surface area contributed by atoms with Crippen molar-refractivity contribution in [3.63, 3.8) is 0 Å². The van der Waals surface area contributed by atoms with Gasteiger partial charge in [-0.1, -0.05) is 12.8 Å². The van der Waals surface area contributed by atoms with Gasteiger partial charge in [-0.15, -0.1) is 0 Å². The van der Waals surface area contributed by atoms with Crippen LogP contribution in [0.4, 0.5) is 0 Å². The Kier molecular flexibility index (Phi) is 6.21. The molecule has 150 valence electrons. The molecule has 2 N–H and O–H groups in total. The quantitative estimate of drug-likeness (QED) is 0.594. The summed E-state index contributed by atoms with van der Waals surface area (Å²) < 4.78 is 1.77. The van der Waals surface area contributed by atoms with Gasteiger partial charge in [0.15, 0.2) is 11.8 Å². The van der Waals surface area contributed by atoms with Crippen LogP contribution in [-0.4, -0.2) is 57.3 Å². The van der Waals surface area contributed by atoms with E-state index in [1.807, 2.05) is 30.6 Å². The summed E-state index contributed by atoms with van der Waals surface area (Å²) in [7, 11) is 0. The van der Waals surface area contributed by atoms with Gasteiger partial charge in [-0.25, -0.2) is 14.7 Å². The monoisotopic (exact) mass is 381 g/mol. The maximum absolute atomic E-state index is 4.81. The van der Waals surface area contributed by atoms with Gasteiger partial charge < -0.3 is 10.6 Å². The van der Waals surface area contributed by atoms with E-state index in [-0.39, 0.29) is 0 Å². The van der Waals surface area contributed by atoms with E-state index in [1.54, 1.807) is 10.9 Å². The average molecular weight is 382 g/mol. The molecule has 2 aliphatic rings. The maximum Gasteiger partial charge on any atom is 0.191 e.